The number of allylic oxidation sites excluding steroid dienone is 12. The number of carbonyl (C=O) groups excluding carboxylic acids is 2. The number of hydrogen-bond acceptors (Lipinski definition) is 11. The highest BCUT2D eigenvalue weighted by Crippen LogP contribution is 2.24. The van der Waals surface area contributed by atoms with Crippen molar-refractivity contribution in [3.05, 3.63) is 72.9 Å². The van der Waals surface area contributed by atoms with Crippen molar-refractivity contribution in [1.82, 2.24) is 0 Å². The van der Waals surface area contributed by atoms with Crippen LogP contribution in [-0.2, 0) is 38.7 Å². The molecule has 0 spiro atoms. The monoisotopic (exact) mass is 923 g/mol. The topological polar surface area (TPSA) is 186 Å². The Kier molecular flexibility index (Phi) is 37.3. The zero-order valence-electron chi connectivity index (χ0n) is 39.4. The van der Waals surface area contributed by atoms with E-state index in [0.29, 0.717) is 12.8 Å². The highest BCUT2D eigenvalue weighted by Gasteiger charge is 2.46. The van der Waals surface area contributed by atoms with Crippen LogP contribution < -0.4 is 0 Å². The SMILES string of the molecule is CC/C=C\C/C=C\C/C=C\C/C=C\CCCCC(=O)OC(COC(=O)CCCCCCCCCCC/C=C\C/C=C\CCCCCCC)COC1OC(CS(=O)(=O)O)C(O)C(O)C1O. The van der Waals surface area contributed by atoms with Crippen molar-refractivity contribution in [1.29, 1.82) is 0 Å². The first kappa shape index (κ1) is 59.1. The second kappa shape index (κ2) is 40.4. The summed E-state index contributed by atoms with van der Waals surface area (Å²) in [5.74, 6) is -2.05. The minimum Gasteiger partial charge on any atom is -0.462 e. The summed E-state index contributed by atoms with van der Waals surface area (Å²) in [6, 6.07) is 0. The summed E-state index contributed by atoms with van der Waals surface area (Å²) in [7, 11) is -4.61. The lowest BCUT2D eigenvalue weighted by molar-refractivity contribution is -0.297. The Morgan fingerprint density at radius 2 is 0.984 bits per heavy atom. The fraction of sp³-hybridized carbons (Fsp3) is 0.725. The van der Waals surface area contributed by atoms with Crippen LogP contribution in [0, 0.1) is 0 Å². The van der Waals surface area contributed by atoms with Gasteiger partial charge in [0.2, 0.25) is 0 Å². The number of carbonyl (C=O) groups is 2. The zero-order valence-corrected chi connectivity index (χ0v) is 40.2. The second-order valence-electron chi connectivity index (χ2n) is 16.7. The number of rotatable bonds is 40. The third-order valence-electron chi connectivity index (χ3n) is 10.8. The molecule has 6 unspecified atom stereocenters. The van der Waals surface area contributed by atoms with Crippen LogP contribution in [-0.4, -0.2) is 96.0 Å². The van der Waals surface area contributed by atoms with E-state index in [1.165, 1.54) is 70.6 Å². The van der Waals surface area contributed by atoms with E-state index in [0.717, 1.165) is 70.6 Å². The zero-order chi connectivity index (χ0) is 46.9. The normalized spacial score (nSPS) is 20.2. The van der Waals surface area contributed by atoms with Gasteiger partial charge in [-0.05, 0) is 83.5 Å². The van der Waals surface area contributed by atoms with Gasteiger partial charge < -0.3 is 34.3 Å². The van der Waals surface area contributed by atoms with Gasteiger partial charge in [-0.25, -0.2) is 0 Å². The number of esters is 2. The molecule has 4 N–H and O–H groups in total. The Morgan fingerprint density at radius 1 is 0.547 bits per heavy atom. The van der Waals surface area contributed by atoms with Gasteiger partial charge in [-0.2, -0.15) is 8.42 Å². The highest BCUT2D eigenvalue weighted by atomic mass is 32.2. The quantitative estimate of drug-likeness (QED) is 0.0198. The van der Waals surface area contributed by atoms with E-state index in [1.807, 2.05) is 0 Å². The molecule has 64 heavy (non-hydrogen) atoms. The van der Waals surface area contributed by atoms with Crippen LogP contribution in [0.2, 0.25) is 0 Å². The van der Waals surface area contributed by atoms with Gasteiger partial charge in [-0.1, -0.05) is 157 Å². The predicted octanol–water partition coefficient (Wildman–Crippen LogP) is 10.7. The average molecular weight is 923 g/mol. The molecule has 1 heterocycles. The first-order valence-corrected chi connectivity index (χ1v) is 26.1. The van der Waals surface area contributed by atoms with Crippen molar-refractivity contribution in [2.75, 3.05) is 19.0 Å². The maximum Gasteiger partial charge on any atom is 0.306 e. The smallest absolute Gasteiger partial charge is 0.306 e. The molecule has 12 nitrogen and oxygen atoms in total. The maximum absolute atomic E-state index is 12.8. The Balaban J connectivity index is 2.41. The number of hydrogen-bond donors (Lipinski definition) is 4. The molecular weight excluding hydrogens is 837 g/mol. The number of aliphatic hydroxyl groups is 3. The molecule has 0 bridgehead atoms. The molecule has 0 aromatic heterocycles. The summed E-state index contributed by atoms with van der Waals surface area (Å²) in [4.78, 5) is 25.5. The van der Waals surface area contributed by atoms with Gasteiger partial charge in [-0.15, -0.1) is 0 Å². The Hall–Kier alpha value is -2.91. The third-order valence-corrected chi connectivity index (χ3v) is 11.5. The van der Waals surface area contributed by atoms with E-state index in [4.69, 9.17) is 18.9 Å². The summed E-state index contributed by atoms with van der Waals surface area (Å²) < 4.78 is 54.1. The molecule has 1 aliphatic rings. The van der Waals surface area contributed by atoms with Crippen LogP contribution in [0.25, 0.3) is 0 Å². The van der Waals surface area contributed by atoms with Gasteiger partial charge >= 0.3 is 11.9 Å². The van der Waals surface area contributed by atoms with Crippen LogP contribution in [0.5, 0.6) is 0 Å². The van der Waals surface area contributed by atoms with E-state index in [2.05, 4.69) is 86.8 Å². The number of unbranched alkanes of at least 4 members (excludes halogenated alkanes) is 16. The van der Waals surface area contributed by atoms with Crippen LogP contribution in [0.3, 0.4) is 0 Å². The molecule has 1 aliphatic heterocycles. The van der Waals surface area contributed by atoms with Crippen LogP contribution in [0.1, 0.15) is 181 Å². The van der Waals surface area contributed by atoms with E-state index in [-0.39, 0.29) is 19.4 Å². The summed E-state index contributed by atoms with van der Waals surface area (Å²) in [6.45, 7) is 3.60. The molecule has 368 valence electrons. The van der Waals surface area contributed by atoms with Gasteiger partial charge in [0.05, 0.1) is 6.61 Å². The molecule has 13 heteroatoms. The van der Waals surface area contributed by atoms with Gasteiger partial charge in [0, 0.05) is 12.8 Å². The standard InChI is InChI=1S/C51H86O12S/c1-3-5-7-9-11-13-15-17-19-20-21-22-23-24-26-27-29-31-33-35-37-39-46(52)60-41-44(42-61-51-50(56)49(55)48(54)45(63-51)43-64(57,58)59)62-47(53)40-38-36-34-32-30-28-25-18-16-14-12-10-8-6-4-2/h6,8,12,14-15,17-18,20-21,25,30,32,44-45,48-51,54-56H,3-5,7,9-11,13,16,19,22-24,26-29,31,33-43H2,1-2H3,(H,57,58,59)/b8-6-,14-12-,17-15-,21-20-,25-18-,32-30-. The molecule has 1 fully saturated rings. The van der Waals surface area contributed by atoms with Crippen molar-refractivity contribution < 1.29 is 56.8 Å². The number of aliphatic hydroxyl groups excluding tert-OH is 3. The molecule has 1 rings (SSSR count). The molecule has 0 amide bonds. The van der Waals surface area contributed by atoms with Gasteiger partial charge in [-0.3, -0.25) is 14.1 Å². The minimum absolute atomic E-state index is 0.108. The third kappa shape index (κ3) is 34.4. The first-order valence-electron chi connectivity index (χ1n) is 24.5. The molecule has 1 saturated heterocycles. The largest absolute Gasteiger partial charge is 0.462 e. The summed E-state index contributed by atoms with van der Waals surface area (Å²) in [6.07, 6.45) is 42.3. The van der Waals surface area contributed by atoms with Crippen molar-refractivity contribution in [3.8, 4) is 0 Å². The molecular formula is C51H86O12S. The van der Waals surface area contributed by atoms with E-state index < -0.39 is 71.2 Å². The lowest BCUT2D eigenvalue weighted by Crippen LogP contribution is -2.60. The number of ether oxygens (including phenoxy) is 4. The maximum atomic E-state index is 12.8. The highest BCUT2D eigenvalue weighted by molar-refractivity contribution is 7.85. The Bertz CT molecular complexity index is 1450. The van der Waals surface area contributed by atoms with Crippen molar-refractivity contribution in [2.45, 2.75) is 218 Å². The molecule has 0 aliphatic carbocycles. The van der Waals surface area contributed by atoms with Crippen molar-refractivity contribution >= 4 is 22.1 Å². The van der Waals surface area contributed by atoms with E-state index >= 15 is 0 Å². The van der Waals surface area contributed by atoms with E-state index in [1.54, 1.807) is 0 Å². The summed E-state index contributed by atoms with van der Waals surface area (Å²) in [5, 5.41) is 30.9. The van der Waals surface area contributed by atoms with Crippen LogP contribution in [0.4, 0.5) is 0 Å². The van der Waals surface area contributed by atoms with Gasteiger partial charge in [0.25, 0.3) is 10.1 Å². The minimum atomic E-state index is -4.61. The molecule has 0 saturated carbocycles. The predicted molar refractivity (Wildman–Crippen MR) is 256 cm³/mol. The van der Waals surface area contributed by atoms with Crippen LogP contribution in [0.15, 0.2) is 72.9 Å². The fourth-order valence-corrected chi connectivity index (χ4v) is 7.68. The van der Waals surface area contributed by atoms with E-state index in [9.17, 15) is 37.9 Å². The lowest BCUT2D eigenvalue weighted by atomic mass is 10.00. The second-order valence-corrected chi connectivity index (χ2v) is 18.2. The lowest BCUT2D eigenvalue weighted by Gasteiger charge is -2.40. The summed E-state index contributed by atoms with van der Waals surface area (Å²) >= 11 is 0. The molecule has 0 aromatic rings. The molecule has 6 atom stereocenters. The van der Waals surface area contributed by atoms with Crippen molar-refractivity contribution in [3.63, 3.8) is 0 Å². The Morgan fingerprint density at radius 3 is 1.50 bits per heavy atom. The van der Waals surface area contributed by atoms with Gasteiger partial charge in [0.15, 0.2) is 12.4 Å². The molecule has 0 radical (unpaired) electrons. The van der Waals surface area contributed by atoms with Gasteiger partial charge in [0.1, 0.15) is 36.8 Å². The first-order chi connectivity index (χ1) is 31.0. The Labute approximate surface area is 387 Å². The summed E-state index contributed by atoms with van der Waals surface area (Å²) in [5.41, 5.74) is 0. The van der Waals surface area contributed by atoms with Crippen molar-refractivity contribution in [2.24, 2.45) is 0 Å². The fourth-order valence-electron chi connectivity index (χ4n) is 6.99. The molecule has 0 aromatic carbocycles. The average Bonchev–Trinajstić information content (AvgIpc) is 3.26. The van der Waals surface area contributed by atoms with Crippen LogP contribution >= 0.6 is 0 Å².